The highest BCUT2D eigenvalue weighted by Gasteiger charge is 2.61. The van der Waals surface area contributed by atoms with E-state index in [0.717, 1.165) is 32.1 Å². The van der Waals surface area contributed by atoms with Gasteiger partial charge in [0.2, 0.25) is 13.7 Å². The van der Waals surface area contributed by atoms with Crippen LogP contribution in [0.15, 0.2) is 42.6 Å². The number of nitrogens with zero attached hydrogens (tertiary/aromatic N) is 2. The molecule has 1 heterocycles. The van der Waals surface area contributed by atoms with E-state index >= 15 is 0 Å². The van der Waals surface area contributed by atoms with E-state index in [0.29, 0.717) is 11.5 Å². The summed E-state index contributed by atoms with van der Waals surface area (Å²) >= 11 is 0. The average Bonchev–Trinajstić information content (AvgIpc) is 2.91. The van der Waals surface area contributed by atoms with Gasteiger partial charge >= 0.3 is 0 Å². The Kier molecular flexibility index (Phi) is 3.55. The summed E-state index contributed by atoms with van der Waals surface area (Å²) in [4.78, 5) is 17.4. The minimum atomic E-state index is 0.277. The summed E-state index contributed by atoms with van der Waals surface area (Å²) < 4.78 is 0. The van der Waals surface area contributed by atoms with Gasteiger partial charge in [0, 0.05) is 23.8 Å². The van der Waals surface area contributed by atoms with Crippen molar-refractivity contribution in [1.82, 2.24) is 4.90 Å². The van der Waals surface area contributed by atoms with E-state index in [4.69, 9.17) is 0 Å². The molecule has 0 aromatic carbocycles. The summed E-state index contributed by atoms with van der Waals surface area (Å²) in [6.45, 7) is 9.54. The van der Waals surface area contributed by atoms with Crippen molar-refractivity contribution in [3.63, 3.8) is 0 Å². The topological polar surface area (TPSA) is 32.7 Å². The molecule has 3 atom stereocenters. The van der Waals surface area contributed by atoms with E-state index in [1.54, 1.807) is 12.3 Å². The summed E-state index contributed by atoms with van der Waals surface area (Å²) in [6, 6.07) is 0.452. The third-order valence-corrected chi connectivity index (χ3v) is 4.04. The number of amides is 1. The Balaban J connectivity index is 2.06. The fraction of sp³-hybridized carbons (Fsp3) is 0.429. The highest BCUT2D eigenvalue weighted by Crippen LogP contribution is 2.58. The first-order valence-corrected chi connectivity index (χ1v) is 6.34. The monoisotopic (exact) mass is 242 g/mol. The molecule has 1 saturated carbocycles. The molecule has 4 heteroatoms. The Morgan fingerprint density at radius 1 is 1.50 bits per heavy atom. The molecule has 0 aromatic rings. The van der Waals surface area contributed by atoms with Crippen molar-refractivity contribution >= 4 is 19.3 Å². The minimum Gasteiger partial charge on any atom is -0.346 e. The van der Waals surface area contributed by atoms with E-state index in [9.17, 15) is 4.79 Å². The third-order valence-electron chi connectivity index (χ3n) is 4.04. The zero-order chi connectivity index (χ0) is 13.2. The van der Waals surface area contributed by atoms with E-state index in [1.807, 2.05) is 17.1 Å². The number of hydrogen-bond donors (Lipinski definition) is 0. The normalized spacial score (nSPS) is 34.3. The van der Waals surface area contributed by atoms with Crippen molar-refractivity contribution in [1.29, 1.82) is 0 Å². The van der Waals surface area contributed by atoms with Crippen LogP contribution >= 0.6 is 0 Å². The molecule has 2 aliphatic rings. The largest absolute Gasteiger partial charge is 0.346 e. The molecule has 1 saturated heterocycles. The molecule has 0 aromatic heterocycles. The predicted molar refractivity (Wildman–Crippen MR) is 76.9 cm³/mol. The Morgan fingerprint density at radius 3 is 2.89 bits per heavy atom. The van der Waals surface area contributed by atoms with E-state index < -0.39 is 0 Å². The maximum atomic E-state index is 11.2. The number of carbonyl (C=O) groups is 1. The van der Waals surface area contributed by atoms with Crippen LogP contribution in [0.4, 0.5) is 0 Å². The number of fused-ring (bicyclic) bond motifs is 1. The minimum absolute atomic E-state index is 0.277. The second-order valence-corrected chi connectivity index (χ2v) is 5.39. The summed E-state index contributed by atoms with van der Waals surface area (Å²) in [5, 5.41) is 0. The van der Waals surface area contributed by atoms with Gasteiger partial charge < -0.3 is 4.90 Å². The summed E-state index contributed by atoms with van der Waals surface area (Å²) in [7, 11) is 0.793. The number of aliphatic imine (C=N–C) groups is 1. The van der Waals surface area contributed by atoms with Crippen LogP contribution in [0.25, 0.3) is 0 Å². The maximum absolute atomic E-state index is 11.2. The highest BCUT2D eigenvalue weighted by atomic mass is 16.1. The lowest BCUT2D eigenvalue weighted by Crippen LogP contribution is -2.39. The van der Waals surface area contributed by atoms with Gasteiger partial charge in [-0.1, -0.05) is 38.3 Å². The van der Waals surface area contributed by atoms with Crippen LogP contribution in [0.2, 0.25) is 0 Å². The van der Waals surface area contributed by atoms with Crippen molar-refractivity contribution in [2.45, 2.75) is 31.7 Å². The van der Waals surface area contributed by atoms with Gasteiger partial charge in [0.25, 0.3) is 0 Å². The maximum Gasteiger partial charge on any atom is 0.209 e. The fourth-order valence-corrected chi connectivity index (χ4v) is 3.00. The number of hydrogen-bond acceptors (Lipinski definition) is 2. The zero-order valence-corrected chi connectivity index (χ0v) is 10.9. The highest BCUT2D eigenvalue weighted by molar-refractivity contribution is 6.79. The van der Waals surface area contributed by atoms with Gasteiger partial charge in [0.05, 0.1) is 0 Å². The van der Waals surface area contributed by atoms with Crippen molar-refractivity contribution in [2.24, 2.45) is 10.4 Å². The van der Waals surface area contributed by atoms with Crippen molar-refractivity contribution in [2.75, 3.05) is 0 Å². The standard InChI is InChI=1S/C14H19BN2O/c1-4-6-7-12(16-5-2)15-13-9-14(3)8-11(14)17(13)10-18/h4-7,10-11,13,15H,1-2,8-9H2,3H3/b7-6-,16-12+. The molecule has 0 N–H and O–H groups in total. The molecule has 1 aliphatic carbocycles. The van der Waals surface area contributed by atoms with Crippen molar-refractivity contribution in [3.05, 3.63) is 37.6 Å². The first kappa shape index (κ1) is 12.9. The molecule has 94 valence electrons. The average molecular weight is 242 g/mol. The van der Waals surface area contributed by atoms with Crippen LogP contribution in [0.3, 0.4) is 0 Å². The first-order valence-electron chi connectivity index (χ1n) is 6.34. The van der Waals surface area contributed by atoms with Crippen LogP contribution in [0, 0.1) is 5.41 Å². The van der Waals surface area contributed by atoms with Gasteiger partial charge in [0.1, 0.15) is 0 Å². The molecule has 3 unspecified atom stereocenters. The van der Waals surface area contributed by atoms with Crippen molar-refractivity contribution < 1.29 is 4.79 Å². The molecule has 0 bridgehead atoms. The predicted octanol–water partition coefficient (Wildman–Crippen LogP) is 1.67. The van der Waals surface area contributed by atoms with E-state index in [2.05, 4.69) is 25.1 Å². The number of allylic oxidation sites excluding steroid dienone is 3. The third kappa shape index (κ3) is 2.33. The molecule has 18 heavy (non-hydrogen) atoms. The number of piperidine rings is 1. The van der Waals surface area contributed by atoms with Crippen LogP contribution in [0.1, 0.15) is 19.8 Å². The SMILES string of the molecule is C=C/C=C\C(BC1CC2(C)CC2N1C=O)=N/C=C. The van der Waals surface area contributed by atoms with Crippen molar-refractivity contribution in [3.8, 4) is 0 Å². The molecule has 0 spiro atoms. The molecule has 0 radical (unpaired) electrons. The van der Waals surface area contributed by atoms with Gasteiger partial charge in [0.15, 0.2) is 0 Å². The lowest BCUT2D eigenvalue weighted by Gasteiger charge is -2.22. The molecule has 1 amide bonds. The quantitative estimate of drug-likeness (QED) is 0.302. The van der Waals surface area contributed by atoms with Gasteiger partial charge in [-0.2, -0.15) is 0 Å². The van der Waals surface area contributed by atoms with Gasteiger partial charge in [-0.25, -0.2) is 0 Å². The van der Waals surface area contributed by atoms with Gasteiger partial charge in [-0.3, -0.25) is 9.79 Å². The molecule has 1 aliphatic heterocycles. The van der Waals surface area contributed by atoms with E-state index in [-0.39, 0.29) is 5.94 Å². The summed E-state index contributed by atoms with van der Waals surface area (Å²) in [6.07, 6.45) is 10.3. The molecule has 3 nitrogen and oxygen atoms in total. The second kappa shape index (κ2) is 4.97. The number of rotatable bonds is 6. The van der Waals surface area contributed by atoms with Crippen LogP contribution in [-0.2, 0) is 4.79 Å². The Hall–Kier alpha value is -1.58. The first-order chi connectivity index (χ1) is 8.64. The lowest BCUT2D eigenvalue weighted by atomic mass is 9.62. The lowest BCUT2D eigenvalue weighted by molar-refractivity contribution is -0.118. The van der Waals surface area contributed by atoms with Gasteiger partial charge in [-0.15, -0.1) is 0 Å². The number of carbonyl (C=O) groups excluding carboxylic acids is 1. The smallest absolute Gasteiger partial charge is 0.209 e. The Labute approximate surface area is 109 Å². The Bertz CT molecular complexity index is 430. The molecule has 2 rings (SSSR count). The van der Waals surface area contributed by atoms with Crippen LogP contribution in [-0.4, -0.2) is 36.2 Å². The van der Waals surface area contributed by atoms with Crippen LogP contribution < -0.4 is 0 Å². The summed E-state index contributed by atoms with van der Waals surface area (Å²) in [5.74, 6) is 0.277. The molecular formula is C14H19BN2O. The molecule has 2 fully saturated rings. The van der Waals surface area contributed by atoms with E-state index in [1.165, 1.54) is 0 Å². The Morgan fingerprint density at radius 2 is 2.28 bits per heavy atom. The zero-order valence-electron chi connectivity index (χ0n) is 10.9. The van der Waals surface area contributed by atoms with Crippen LogP contribution in [0.5, 0.6) is 0 Å². The van der Waals surface area contributed by atoms with Gasteiger partial charge in [-0.05, 0) is 18.3 Å². The molecular weight excluding hydrogens is 223 g/mol. The second-order valence-electron chi connectivity index (χ2n) is 5.39. The fourth-order valence-electron chi connectivity index (χ4n) is 3.00. The number of likely N-dealkylation sites (tertiary alicyclic amines) is 1. The summed E-state index contributed by atoms with van der Waals surface area (Å²) in [5.41, 5.74) is 1.30.